The van der Waals surface area contributed by atoms with Gasteiger partial charge >= 0.3 is 0 Å². The van der Waals surface area contributed by atoms with Gasteiger partial charge in [0, 0.05) is 42.2 Å². The van der Waals surface area contributed by atoms with Crippen LogP contribution in [0, 0.1) is 12.4 Å². The fraction of sp³-hybridized carbons (Fsp3) is 0.333. The van der Waals surface area contributed by atoms with Crippen molar-refractivity contribution >= 4 is 33.7 Å². The highest BCUT2D eigenvalue weighted by Crippen LogP contribution is 2.37. The second-order valence-corrected chi connectivity index (χ2v) is 10.7. The molecule has 0 aliphatic carbocycles. The lowest BCUT2D eigenvalue weighted by Crippen LogP contribution is -2.38. The van der Waals surface area contributed by atoms with E-state index in [1.165, 1.54) is 23.8 Å². The molecular weight excluding hydrogens is 531 g/mol. The van der Waals surface area contributed by atoms with E-state index in [-0.39, 0.29) is 42.2 Å². The number of hydrogen-bond donors (Lipinski definition) is 1. The average molecular weight is 561 g/mol. The van der Waals surface area contributed by atoms with Gasteiger partial charge in [-0.05, 0) is 55.8 Å². The third-order valence-corrected chi connectivity index (χ3v) is 7.50. The lowest BCUT2D eigenvalue weighted by molar-refractivity contribution is -0.117. The molecule has 1 saturated heterocycles. The molecule has 0 spiro atoms. The van der Waals surface area contributed by atoms with Gasteiger partial charge in [-0.15, -0.1) is 11.3 Å². The molecule has 0 saturated carbocycles. The Hall–Kier alpha value is -3.91. The van der Waals surface area contributed by atoms with Crippen LogP contribution in [0.2, 0.25) is 0 Å². The van der Waals surface area contributed by atoms with Crippen LogP contribution in [0.4, 0.5) is 10.1 Å². The summed E-state index contributed by atoms with van der Waals surface area (Å²) in [5.74, 6) is 0.336. The number of thiazole rings is 1. The third-order valence-electron chi connectivity index (χ3n) is 6.72. The zero-order chi connectivity index (χ0) is 27.9. The molecule has 1 N–H and O–H groups in total. The summed E-state index contributed by atoms with van der Waals surface area (Å²) in [5, 5.41) is 13.5. The van der Waals surface area contributed by atoms with Crippen molar-refractivity contribution in [1.82, 2.24) is 14.9 Å². The number of nitrogens with zero attached hydrogens (tertiary/aromatic N) is 4. The van der Waals surface area contributed by atoms with Gasteiger partial charge in [0.15, 0.2) is 0 Å². The lowest BCUT2D eigenvalue weighted by atomic mass is 10.1. The molecule has 0 radical (unpaired) electrons. The number of ketones is 1. The lowest BCUT2D eigenvalue weighted by Gasteiger charge is -2.28. The highest BCUT2D eigenvalue weighted by Gasteiger charge is 2.18. The van der Waals surface area contributed by atoms with E-state index in [0.717, 1.165) is 25.9 Å². The van der Waals surface area contributed by atoms with Crippen molar-refractivity contribution in [2.24, 2.45) is 0 Å². The van der Waals surface area contributed by atoms with Gasteiger partial charge in [0.25, 0.3) is 0 Å². The average Bonchev–Trinajstić information content (AvgIpc) is 3.46. The molecule has 40 heavy (non-hydrogen) atoms. The summed E-state index contributed by atoms with van der Waals surface area (Å²) in [6, 6.07) is 9.31. The SMILES string of the molecule is [C-]#[N+]c1cc2c(Oc3ccc(CC(=O)Cc4nccs4)c(F)c3)ccnc2cc1OC[C@H](O)CN1CCCCC1. The van der Waals surface area contributed by atoms with Crippen LogP contribution in [0.3, 0.4) is 0 Å². The molecule has 1 aliphatic rings. The zero-order valence-electron chi connectivity index (χ0n) is 21.9. The van der Waals surface area contributed by atoms with Gasteiger partial charge < -0.3 is 19.5 Å². The molecule has 8 nitrogen and oxygen atoms in total. The Morgan fingerprint density at radius 3 is 2.70 bits per heavy atom. The van der Waals surface area contributed by atoms with E-state index in [4.69, 9.17) is 16.0 Å². The van der Waals surface area contributed by atoms with Crippen molar-refractivity contribution in [2.45, 2.75) is 38.2 Å². The van der Waals surface area contributed by atoms with Crippen molar-refractivity contribution in [2.75, 3.05) is 26.2 Å². The Bertz CT molecular complexity index is 1520. The number of benzene rings is 2. The van der Waals surface area contributed by atoms with E-state index in [9.17, 15) is 14.3 Å². The molecule has 0 unspecified atom stereocenters. The van der Waals surface area contributed by atoms with Gasteiger partial charge in [-0.3, -0.25) is 9.78 Å². The minimum atomic E-state index is -0.671. The van der Waals surface area contributed by atoms with Gasteiger partial charge in [0.2, 0.25) is 5.69 Å². The summed E-state index contributed by atoms with van der Waals surface area (Å²) < 4.78 is 26.7. The maximum Gasteiger partial charge on any atom is 0.229 e. The first kappa shape index (κ1) is 27.6. The number of β-amino-alcohol motifs (C(OH)–C–C–N with tert-alkyl or cyclic N) is 1. The predicted octanol–water partition coefficient (Wildman–Crippen LogP) is 5.75. The van der Waals surface area contributed by atoms with Crippen LogP contribution >= 0.6 is 11.3 Å². The van der Waals surface area contributed by atoms with E-state index >= 15 is 0 Å². The van der Waals surface area contributed by atoms with Crippen LogP contribution in [-0.4, -0.2) is 58.1 Å². The number of carbonyl (C=O) groups excluding carboxylic acids is 1. The summed E-state index contributed by atoms with van der Waals surface area (Å²) in [7, 11) is 0. The topological polar surface area (TPSA) is 89.1 Å². The number of halogens is 1. The number of aliphatic hydroxyl groups is 1. The summed E-state index contributed by atoms with van der Waals surface area (Å²) in [6.07, 6.45) is 6.17. The fourth-order valence-corrected chi connectivity index (χ4v) is 5.40. The number of fused-ring (bicyclic) bond motifs is 1. The second kappa shape index (κ2) is 13.0. The number of aromatic nitrogens is 2. The highest BCUT2D eigenvalue weighted by atomic mass is 32.1. The largest absolute Gasteiger partial charge is 0.502 e. The molecule has 4 aromatic rings. The first-order valence-corrected chi connectivity index (χ1v) is 14.1. The number of carbonyl (C=O) groups is 1. The molecule has 206 valence electrons. The smallest absolute Gasteiger partial charge is 0.229 e. The third kappa shape index (κ3) is 6.99. The van der Waals surface area contributed by atoms with E-state index in [1.54, 1.807) is 48.1 Å². The highest BCUT2D eigenvalue weighted by molar-refractivity contribution is 7.09. The van der Waals surface area contributed by atoms with Crippen molar-refractivity contribution in [3.8, 4) is 17.2 Å². The van der Waals surface area contributed by atoms with Crippen molar-refractivity contribution in [3.05, 3.63) is 82.0 Å². The number of pyridine rings is 1. The van der Waals surface area contributed by atoms with Gasteiger partial charge in [-0.2, -0.15) is 0 Å². The van der Waals surface area contributed by atoms with Crippen LogP contribution in [0.25, 0.3) is 15.7 Å². The summed E-state index contributed by atoms with van der Waals surface area (Å²) in [5.41, 5.74) is 1.08. The fourth-order valence-electron chi connectivity index (χ4n) is 4.75. The number of rotatable bonds is 11. The van der Waals surface area contributed by atoms with Crippen molar-refractivity contribution in [3.63, 3.8) is 0 Å². The number of Topliss-reactive ketones (excluding diaryl/α,β-unsaturated/α-hetero) is 1. The first-order chi connectivity index (χ1) is 19.5. The van der Waals surface area contributed by atoms with E-state index < -0.39 is 11.9 Å². The number of likely N-dealkylation sites (tertiary alicyclic amines) is 1. The maximum absolute atomic E-state index is 14.8. The summed E-state index contributed by atoms with van der Waals surface area (Å²) >= 11 is 1.39. The van der Waals surface area contributed by atoms with E-state index in [1.807, 2.05) is 0 Å². The number of ether oxygens (including phenoxy) is 2. The molecule has 0 amide bonds. The molecule has 2 aromatic carbocycles. The molecule has 3 heterocycles. The Kier molecular flexibility index (Phi) is 8.96. The van der Waals surface area contributed by atoms with Gasteiger partial charge in [0.1, 0.15) is 41.6 Å². The molecular formula is C30H29FN4O4S. The zero-order valence-corrected chi connectivity index (χ0v) is 22.7. The number of piperidine rings is 1. The quantitative estimate of drug-likeness (QED) is 0.234. The molecule has 1 fully saturated rings. The maximum atomic E-state index is 14.8. The van der Waals surface area contributed by atoms with E-state index in [0.29, 0.717) is 34.0 Å². The van der Waals surface area contributed by atoms with Crippen LogP contribution in [0.5, 0.6) is 17.2 Å². The molecule has 1 aliphatic heterocycles. The number of hydrogen-bond acceptors (Lipinski definition) is 8. The van der Waals surface area contributed by atoms with Crippen molar-refractivity contribution < 1.29 is 23.8 Å². The minimum Gasteiger partial charge on any atom is -0.502 e. The Morgan fingerprint density at radius 1 is 1.10 bits per heavy atom. The molecule has 0 bridgehead atoms. The molecule has 2 aromatic heterocycles. The molecule has 5 rings (SSSR count). The van der Waals surface area contributed by atoms with Crippen LogP contribution in [-0.2, 0) is 17.6 Å². The Balaban J connectivity index is 1.27. The minimum absolute atomic E-state index is 0.0340. The van der Waals surface area contributed by atoms with Gasteiger partial charge in [-0.1, -0.05) is 12.5 Å². The Morgan fingerprint density at radius 2 is 1.95 bits per heavy atom. The van der Waals surface area contributed by atoms with Crippen LogP contribution in [0.1, 0.15) is 29.8 Å². The first-order valence-electron chi connectivity index (χ1n) is 13.2. The molecule has 10 heteroatoms. The standard InChI is InChI=1S/C30H29FN4O4S/c1-32-27-16-24-26(17-29(27)38-19-22(37)18-35-10-3-2-4-11-35)33-8-7-28(24)39-23-6-5-20(25(31)15-23)13-21(36)14-30-34-9-12-40-30/h5-9,12,15-17,22,37H,2-4,10-11,13-14,18-19H2/t22-/m1/s1. The van der Waals surface area contributed by atoms with Crippen molar-refractivity contribution in [1.29, 1.82) is 0 Å². The molecule has 1 atom stereocenters. The number of aliphatic hydroxyl groups excluding tert-OH is 1. The summed E-state index contributed by atoms with van der Waals surface area (Å²) in [4.78, 5) is 26.6. The Labute approximate surface area is 235 Å². The monoisotopic (exact) mass is 560 g/mol. The summed E-state index contributed by atoms with van der Waals surface area (Å²) in [6.45, 7) is 10.2. The second-order valence-electron chi connectivity index (χ2n) is 9.76. The van der Waals surface area contributed by atoms with Gasteiger partial charge in [0.05, 0.1) is 23.5 Å². The van der Waals surface area contributed by atoms with Gasteiger partial charge in [-0.25, -0.2) is 14.2 Å². The van der Waals surface area contributed by atoms with E-state index in [2.05, 4.69) is 19.7 Å². The predicted molar refractivity (Wildman–Crippen MR) is 151 cm³/mol. The van der Waals surface area contributed by atoms with Crippen LogP contribution in [0.15, 0.2) is 54.2 Å². The normalized spacial score (nSPS) is 14.5. The van der Waals surface area contributed by atoms with Crippen LogP contribution < -0.4 is 9.47 Å².